The smallest absolute Gasteiger partial charge is 0.297 e. The van der Waals surface area contributed by atoms with Gasteiger partial charge in [0.25, 0.3) is 5.56 Å². The number of anilines is 1. The number of nitrogens with zero attached hydrogens (tertiary/aromatic N) is 2. The Labute approximate surface area is 166 Å². The number of aryl methyl sites for hydroxylation is 1. The molecule has 0 saturated heterocycles. The van der Waals surface area contributed by atoms with Crippen molar-refractivity contribution in [2.24, 2.45) is 0 Å². The molecule has 7 nitrogen and oxygen atoms in total. The molecular formula is C20H18ClN3O4. The van der Waals surface area contributed by atoms with Crippen LogP contribution >= 0.6 is 11.6 Å². The van der Waals surface area contributed by atoms with Gasteiger partial charge in [0.15, 0.2) is 17.3 Å². The summed E-state index contributed by atoms with van der Waals surface area (Å²) in [5, 5.41) is 3.66. The van der Waals surface area contributed by atoms with Crippen LogP contribution in [0.15, 0.2) is 47.5 Å². The second-order valence-corrected chi connectivity index (χ2v) is 6.67. The molecule has 0 fully saturated rings. The van der Waals surface area contributed by atoms with Crippen molar-refractivity contribution in [3.8, 4) is 22.9 Å². The Morgan fingerprint density at radius 2 is 2.07 bits per heavy atom. The van der Waals surface area contributed by atoms with Gasteiger partial charge in [0.05, 0.1) is 12.8 Å². The monoisotopic (exact) mass is 399 g/mol. The summed E-state index contributed by atoms with van der Waals surface area (Å²) >= 11 is 6.17. The predicted octanol–water partition coefficient (Wildman–Crippen LogP) is 3.54. The summed E-state index contributed by atoms with van der Waals surface area (Å²) in [6.07, 6.45) is 3.16. The van der Waals surface area contributed by atoms with Gasteiger partial charge in [-0.3, -0.25) is 9.36 Å². The highest BCUT2D eigenvalue weighted by Gasteiger charge is 2.15. The Balaban J connectivity index is 1.63. The summed E-state index contributed by atoms with van der Waals surface area (Å²) in [4.78, 5) is 17.1. The molecule has 2 aromatic carbocycles. The number of nitrogens with one attached hydrogen (secondary N) is 1. The lowest BCUT2D eigenvalue weighted by Gasteiger charge is -2.14. The van der Waals surface area contributed by atoms with Gasteiger partial charge in [-0.1, -0.05) is 17.7 Å². The topological polar surface area (TPSA) is 74.6 Å². The van der Waals surface area contributed by atoms with Gasteiger partial charge in [0.1, 0.15) is 5.75 Å². The van der Waals surface area contributed by atoms with Gasteiger partial charge in [0, 0.05) is 30.0 Å². The van der Waals surface area contributed by atoms with Gasteiger partial charge >= 0.3 is 0 Å². The zero-order valence-electron chi connectivity index (χ0n) is 15.4. The molecule has 8 heteroatoms. The summed E-state index contributed by atoms with van der Waals surface area (Å²) in [5.41, 5.74) is 2.10. The quantitative estimate of drug-likeness (QED) is 0.707. The number of aromatic nitrogens is 2. The van der Waals surface area contributed by atoms with E-state index in [-0.39, 0.29) is 18.2 Å². The zero-order valence-corrected chi connectivity index (χ0v) is 16.1. The molecular weight excluding hydrogens is 382 g/mol. The highest BCUT2D eigenvalue weighted by atomic mass is 35.5. The van der Waals surface area contributed by atoms with E-state index in [9.17, 15) is 4.79 Å². The first-order chi connectivity index (χ1) is 13.6. The van der Waals surface area contributed by atoms with E-state index >= 15 is 0 Å². The van der Waals surface area contributed by atoms with Crippen LogP contribution in [0.3, 0.4) is 0 Å². The molecule has 2 heterocycles. The third kappa shape index (κ3) is 3.36. The van der Waals surface area contributed by atoms with Crippen molar-refractivity contribution in [1.82, 2.24) is 9.55 Å². The minimum atomic E-state index is -0.289. The number of fused-ring (bicyclic) bond motifs is 1. The van der Waals surface area contributed by atoms with Crippen LogP contribution in [0.4, 0.5) is 5.82 Å². The molecule has 0 unspecified atom stereocenters. The number of benzene rings is 2. The lowest BCUT2D eigenvalue weighted by atomic mass is 10.2. The Hall–Kier alpha value is -3.19. The summed E-state index contributed by atoms with van der Waals surface area (Å²) in [6.45, 7) is 2.51. The molecule has 0 bridgehead atoms. The molecule has 0 saturated carbocycles. The second kappa shape index (κ2) is 7.44. The lowest BCUT2D eigenvalue weighted by Crippen LogP contribution is -2.23. The van der Waals surface area contributed by atoms with Crippen molar-refractivity contribution in [3.63, 3.8) is 0 Å². The van der Waals surface area contributed by atoms with E-state index in [4.69, 9.17) is 25.8 Å². The third-order valence-electron chi connectivity index (χ3n) is 4.46. The van der Waals surface area contributed by atoms with Crippen LogP contribution in [0, 0.1) is 6.92 Å². The van der Waals surface area contributed by atoms with E-state index in [1.807, 2.05) is 31.2 Å². The Bertz CT molecular complexity index is 1100. The van der Waals surface area contributed by atoms with Crippen molar-refractivity contribution >= 4 is 17.4 Å². The number of rotatable bonds is 5. The van der Waals surface area contributed by atoms with E-state index in [1.54, 1.807) is 18.5 Å². The number of methoxy groups -OCH3 is 1. The van der Waals surface area contributed by atoms with Gasteiger partial charge in [-0.15, -0.1) is 0 Å². The van der Waals surface area contributed by atoms with Gasteiger partial charge in [-0.25, -0.2) is 4.98 Å². The Morgan fingerprint density at radius 3 is 2.89 bits per heavy atom. The normalized spacial score (nSPS) is 12.1. The van der Waals surface area contributed by atoms with E-state index in [0.717, 1.165) is 11.1 Å². The van der Waals surface area contributed by atoms with Gasteiger partial charge < -0.3 is 19.5 Å². The third-order valence-corrected chi connectivity index (χ3v) is 4.86. The number of hydrogen-bond donors (Lipinski definition) is 1. The molecule has 1 aliphatic rings. The summed E-state index contributed by atoms with van der Waals surface area (Å²) in [7, 11) is 1.54. The maximum absolute atomic E-state index is 12.9. The Morgan fingerprint density at radius 1 is 1.25 bits per heavy atom. The number of hydrogen-bond acceptors (Lipinski definition) is 6. The molecule has 0 spiro atoms. The molecule has 3 aromatic rings. The first-order valence-electron chi connectivity index (χ1n) is 8.61. The molecule has 28 heavy (non-hydrogen) atoms. The van der Waals surface area contributed by atoms with Crippen molar-refractivity contribution in [1.29, 1.82) is 0 Å². The Kier molecular flexibility index (Phi) is 4.83. The standard InChI is InChI=1S/C20H18ClN3O4/c1-12-7-15(17(26-2)9-14(12)21)24-6-5-22-19(20(24)25)23-10-13-3-4-16-18(8-13)28-11-27-16/h3-9H,10-11H2,1-2H3,(H,22,23). The summed E-state index contributed by atoms with van der Waals surface area (Å²) in [6, 6.07) is 9.14. The van der Waals surface area contributed by atoms with Gasteiger partial charge in [0.2, 0.25) is 6.79 Å². The van der Waals surface area contributed by atoms with Crippen LogP contribution in [0.25, 0.3) is 5.69 Å². The number of halogens is 1. The molecule has 4 rings (SSSR count). The fourth-order valence-corrected chi connectivity index (χ4v) is 3.11. The number of ether oxygens (including phenoxy) is 3. The fraction of sp³-hybridized carbons (Fsp3) is 0.200. The summed E-state index contributed by atoms with van der Waals surface area (Å²) < 4.78 is 17.6. The lowest BCUT2D eigenvalue weighted by molar-refractivity contribution is 0.174. The van der Waals surface area contributed by atoms with Crippen LogP contribution in [-0.2, 0) is 6.54 Å². The van der Waals surface area contributed by atoms with Crippen molar-refractivity contribution in [2.45, 2.75) is 13.5 Å². The van der Waals surface area contributed by atoms with Crippen LogP contribution < -0.4 is 25.1 Å². The van der Waals surface area contributed by atoms with Crippen LogP contribution in [-0.4, -0.2) is 23.5 Å². The SMILES string of the molecule is COc1cc(Cl)c(C)cc1-n1ccnc(NCc2ccc3c(c2)OCO3)c1=O. The largest absolute Gasteiger partial charge is 0.495 e. The first-order valence-corrected chi connectivity index (χ1v) is 8.99. The average molecular weight is 400 g/mol. The van der Waals surface area contributed by atoms with Gasteiger partial charge in [-0.05, 0) is 36.2 Å². The predicted molar refractivity (Wildman–Crippen MR) is 106 cm³/mol. The molecule has 1 aliphatic heterocycles. The molecule has 0 atom stereocenters. The van der Waals surface area contributed by atoms with Crippen LogP contribution in [0.1, 0.15) is 11.1 Å². The van der Waals surface area contributed by atoms with E-state index < -0.39 is 0 Å². The molecule has 0 radical (unpaired) electrons. The van der Waals surface area contributed by atoms with Crippen LogP contribution in [0.2, 0.25) is 5.02 Å². The molecule has 144 valence electrons. The average Bonchev–Trinajstić information content (AvgIpc) is 3.17. The highest BCUT2D eigenvalue weighted by Crippen LogP contribution is 2.32. The highest BCUT2D eigenvalue weighted by molar-refractivity contribution is 6.31. The van der Waals surface area contributed by atoms with E-state index in [1.165, 1.54) is 11.7 Å². The second-order valence-electron chi connectivity index (χ2n) is 6.27. The van der Waals surface area contributed by atoms with Gasteiger partial charge in [-0.2, -0.15) is 0 Å². The maximum Gasteiger partial charge on any atom is 0.297 e. The minimum Gasteiger partial charge on any atom is -0.495 e. The first kappa shape index (κ1) is 18.2. The maximum atomic E-state index is 12.9. The van der Waals surface area contributed by atoms with Crippen molar-refractivity contribution < 1.29 is 14.2 Å². The van der Waals surface area contributed by atoms with Crippen LogP contribution in [0.5, 0.6) is 17.2 Å². The van der Waals surface area contributed by atoms with Crippen molar-refractivity contribution in [3.05, 3.63) is 69.2 Å². The summed E-state index contributed by atoms with van der Waals surface area (Å²) in [5.74, 6) is 2.15. The molecule has 1 N–H and O–H groups in total. The molecule has 0 amide bonds. The van der Waals surface area contributed by atoms with Crippen molar-refractivity contribution in [2.75, 3.05) is 19.2 Å². The molecule has 1 aromatic heterocycles. The van der Waals surface area contributed by atoms with E-state index in [0.29, 0.717) is 34.5 Å². The molecule has 0 aliphatic carbocycles. The zero-order chi connectivity index (χ0) is 19.7. The van der Waals surface area contributed by atoms with E-state index in [2.05, 4.69) is 10.3 Å². The minimum absolute atomic E-state index is 0.222. The fourth-order valence-electron chi connectivity index (χ4n) is 2.96.